The van der Waals surface area contributed by atoms with Gasteiger partial charge in [-0.3, -0.25) is 0 Å². The van der Waals surface area contributed by atoms with E-state index in [4.69, 9.17) is 4.74 Å². The zero-order valence-electron chi connectivity index (χ0n) is 11.9. The Kier molecular flexibility index (Phi) is 4.30. The molecular formula is C15H19NO3S. The van der Waals surface area contributed by atoms with E-state index in [1.54, 1.807) is 25.3 Å². The number of methoxy groups -OCH3 is 1. The van der Waals surface area contributed by atoms with Gasteiger partial charge in [0.25, 0.3) is 0 Å². The average molecular weight is 293 g/mol. The van der Waals surface area contributed by atoms with Gasteiger partial charge in [-0.15, -0.1) is 0 Å². The summed E-state index contributed by atoms with van der Waals surface area (Å²) in [6.07, 6.45) is 0.754. The van der Waals surface area contributed by atoms with Gasteiger partial charge < -0.3 is 4.74 Å². The number of hydrogen-bond acceptors (Lipinski definition) is 3. The fourth-order valence-electron chi connectivity index (χ4n) is 1.91. The van der Waals surface area contributed by atoms with Crippen molar-refractivity contribution in [3.8, 4) is 5.75 Å². The normalized spacial score (nSPS) is 13.3. The maximum atomic E-state index is 12.2. The predicted octanol–water partition coefficient (Wildman–Crippen LogP) is 2.93. The number of ether oxygens (including phenoxy) is 1. The molecule has 108 valence electrons. The molecule has 0 aromatic heterocycles. The van der Waals surface area contributed by atoms with E-state index in [-0.39, 0.29) is 10.9 Å². The smallest absolute Gasteiger partial charge is 0.240 e. The second-order valence-corrected chi connectivity index (χ2v) is 6.52. The van der Waals surface area contributed by atoms with Crippen LogP contribution < -0.4 is 9.46 Å². The minimum absolute atomic E-state index is 0.0773. The van der Waals surface area contributed by atoms with Crippen LogP contribution in [0.25, 0.3) is 10.8 Å². The van der Waals surface area contributed by atoms with Crippen molar-refractivity contribution < 1.29 is 13.2 Å². The van der Waals surface area contributed by atoms with Crippen LogP contribution in [0.2, 0.25) is 0 Å². The molecule has 20 heavy (non-hydrogen) atoms. The Hall–Kier alpha value is -1.59. The summed E-state index contributed by atoms with van der Waals surface area (Å²) < 4.78 is 32.3. The lowest BCUT2D eigenvalue weighted by Gasteiger charge is -2.12. The molecule has 0 aliphatic rings. The van der Waals surface area contributed by atoms with Crippen molar-refractivity contribution in [2.75, 3.05) is 7.11 Å². The minimum Gasteiger partial charge on any atom is -0.497 e. The summed E-state index contributed by atoms with van der Waals surface area (Å²) in [5, 5.41) is 1.82. The third-order valence-electron chi connectivity index (χ3n) is 3.30. The molecule has 0 heterocycles. The Balaban J connectivity index is 2.41. The van der Waals surface area contributed by atoms with Crippen molar-refractivity contribution >= 4 is 20.8 Å². The molecule has 0 amide bonds. The van der Waals surface area contributed by atoms with Crippen LogP contribution in [-0.4, -0.2) is 21.6 Å². The fraction of sp³-hybridized carbons (Fsp3) is 0.333. The van der Waals surface area contributed by atoms with E-state index < -0.39 is 10.0 Å². The van der Waals surface area contributed by atoms with Crippen LogP contribution >= 0.6 is 0 Å². The molecule has 5 heteroatoms. The molecule has 0 saturated carbocycles. The molecule has 0 saturated heterocycles. The van der Waals surface area contributed by atoms with Gasteiger partial charge in [-0.2, -0.15) is 0 Å². The van der Waals surface area contributed by atoms with Crippen LogP contribution in [0.5, 0.6) is 5.75 Å². The molecular weight excluding hydrogens is 274 g/mol. The lowest BCUT2D eigenvalue weighted by Crippen LogP contribution is -2.31. The van der Waals surface area contributed by atoms with Crippen LogP contribution in [0.1, 0.15) is 20.3 Å². The van der Waals surface area contributed by atoms with Crippen LogP contribution in [0.15, 0.2) is 41.3 Å². The monoisotopic (exact) mass is 293 g/mol. The molecule has 0 radical (unpaired) electrons. The first-order chi connectivity index (χ1) is 9.46. The van der Waals surface area contributed by atoms with Gasteiger partial charge in [0.05, 0.1) is 12.0 Å². The van der Waals surface area contributed by atoms with Gasteiger partial charge in [0.15, 0.2) is 0 Å². The zero-order chi connectivity index (χ0) is 14.8. The molecule has 2 aromatic carbocycles. The number of benzene rings is 2. The molecule has 2 rings (SSSR count). The van der Waals surface area contributed by atoms with E-state index in [1.807, 2.05) is 32.0 Å². The highest BCUT2D eigenvalue weighted by Gasteiger charge is 2.16. The Morgan fingerprint density at radius 1 is 1.15 bits per heavy atom. The Labute approximate surface area is 119 Å². The highest BCUT2D eigenvalue weighted by molar-refractivity contribution is 7.89. The Bertz CT molecular complexity index is 710. The van der Waals surface area contributed by atoms with E-state index in [0.717, 1.165) is 22.9 Å². The lowest BCUT2D eigenvalue weighted by atomic mass is 10.1. The van der Waals surface area contributed by atoms with Crippen molar-refractivity contribution in [3.63, 3.8) is 0 Å². The molecule has 1 N–H and O–H groups in total. The zero-order valence-corrected chi connectivity index (χ0v) is 12.7. The third-order valence-corrected chi connectivity index (χ3v) is 4.89. The third kappa shape index (κ3) is 3.11. The van der Waals surface area contributed by atoms with E-state index in [0.29, 0.717) is 0 Å². The topological polar surface area (TPSA) is 55.4 Å². The molecule has 2 aromatic rings. The van der Waals surface area contributed by atoms with Crippen molar-refractivity contribution in [1.82, 2.24) is 4.72 Å². The van der Waals surface area contributed by atoms with Crippen molar-refractivity contribution in [1.29, 1.82) is 0 Å². The fourth-order valence-corrected chi connectivity index (χ4v) is 3.27. The summed E-state index contributed by atoms with van der Waals surface area (Å²) in [4.78, 5) is 0.287. The molecule has 0 bridgehead atoms. The van der Waals surface area contributed by atoms with Crippen molar-refractivity contribution in [2.45, 2.75) is 31.2 Å². The Morgan fingerprint density at radius 3 is 2.45 bits per heavy atom. The standard InChI is InChI=1S/C15H19NO3S/c1-4-11(2)16-20(17,18)15-8-6-12-9-14(19-3)7-5-13(12)10-15/h5-11,16H,4H2,1-3H3. The van der Waals surface area contributed by atoms with Crippen LogP contribution in [-0.2, 0) is 10.0 Å². The molecule has 1 unspecified atom stereocenters. The molecule has 0 aliphatic carbocycles. The number of sulfonamides is 1. The summed E-state index contributed by atoms with van der Waals surface area (Å²) in [7, 11) is -1.85. The second kappa shape index (κ2) is 5.81. The number of nitrogens with one attached hydrogen (secondary N) is 1. The van der Waals surface area contributed by atoms with Crippen LogP contribution in [0.3, 0.4) is 0 Å². The maximum Gasteiger partial charge on any atom is 0.240 e. The number of hydrogen-bond donors (Lipinski definition) is 1. The highest BCUT2D eigenvalue weighted by atomic mass is 32.2. The molecule has 0 spiro atoms. The first-order valence-electron chi connectivity index (χ1n) is 6.56. The number of fused-ring (bicyclic) bond motifs is 1. The van der Waals surface area contributed by atoms with Crippen LogP contribution in [0.4, 0.5) is 0 Å². The van der Waals surface area contributed by atoms with Gasteiger partial charge in [0, 0.05) is 6.04 Å². The van der Waals surface area contributed by atoms with Gasteiger partial charge in [-0.05, 0) is 48.4 Å². The minimum atomic E-state index is -3.46. The van der Waals surface area contributed by atoms with Gasteiger partial charge in [-0.1, -0.05) is 19.1 Å². The van der Waals surface area contributed by atoms with E-state index in [2.05, 4.69) is 4.72 Å². The molecule has 0 aliphatic heterocycles. The highest BCUT2D eigenvalue weighted by Crippen LogP contribution is 2.23. The van der Waals surface area contributed by atoms with Gasteiger partial charge in [-0.25, -0.2) is 13.1 Å². The van der Waals surface area contributed by atoms with Crippen molar-refractivity contribution in [2.24, 2.45) is 0 Å². The summed E-state index contributed by atoms with van der Waals surface area (Å²) in [6, 6.07) is 10.6. The summed E-state index contributed by atoms with van der Waals surface area (Å²) >= 11 is 0. The summed E-state index contributed by atoms with van der Waals surface area (Å²) in [6.45, 7) is 3.79. The number of rotatable bonds is 5. The van der Waals surface area contributed by atoms with Gasteiger partial charge >= 0.3 is 0 Å². The summed E-state index contributed by atoms with van der Waals surface area (Å²) in [5.41, 5.74) is 0. The SMILES string of the molecule is CCC(C)NS(=O)(=O)c1ccc2cc(OC)ccc2c1. The van der Waals surface area contributed by atoms with Crippen LogP contribution in [0, 0.1) is 0 Å². The first kappa shape index (κ1) is 14.8. The second-order valence-electron chi connectivity index (χ2n) is 4.81. The van der Waals surface area contributed by atoms with E-state index in [1.165, 1.54) is 0 Å². The lowest BCUT2D eigenvalue weighted by molar-refractivity contribution is 0.415. The average Bonchev–Trinajstić information content (AvgIpc) is 2.45. The first-order valence-corrected chi connectivity index (χ1v) is 8.04. The van der Waals surface area contributed by atoms with Gasteiger partial charge in [0.2, 0.25) is 10.0 Å². The quantitative estimate of drug-likeness (QED) is 0.922. The van der Waals surface area contributed by atoms with Crippen molar-refractivity contribution in [3.05, 3.63) is 36.4 Å². The van der Waals surface area contributed by atoms with Gasteiger partial charge in [0.1, 0.15) is 5.75 Å². The van der Waals surface area contributed by atoms with E-state index in [9.17, 15) is 8.42 Å². The predicted molar refractivity (Wildman–Crippen MR) is 80.6 cm³/mol. The largest absolute Gasteiger partial charge is 0.497 e. The molecule has 4 nitrogen and oxygen atoms in total. The maximum absolute atomic E-state index is 12.2. The molecule has 0 fully saturated rings. The Morgan fingerprint density at radius 2 is 1.80 bits per heavy atom. The van der Waals surface area contributed by atoms with E-state index >= 15 is 0 Å². The summed E-state index contributed by atoms with van der Waals surface area (Å²) in [5.74, 6) is 0.755. The molecule has 1 atom stereocenters.